The number of rotatable bonds is 8. The number of amides is 3. The van der Waals surface area contributed by atoms with Crippen LogP contribution in [0.25, 0.3) is 0 Å². The average Bonchev–Trinajstić information content (AvgIpc) is 2.70. The summed E-state index contributed by atoms with van der Waals surface area (Å²) in [4.78, 5) is 45.5. The van der Waals surface area contributed by atoms with Crippen LogP contribution in [-0.4, -0.2) is 41.1 Å². The zero-order chi connectivity index (χ0) is 23.2. The second kappa shape index (κ2) is 9.93. The molecule has 0 fully saturated rings. The van der Waals surface area contributed by atoms with Gasteiger partial charge in [-0.15, -0.1) is 11.8 Å². The van der Waals surface area contributed by atoms with Crippen LogP contribution in [0, 0.1) is 10.1 Å². The summed E-state index contributed by atoms with van der Waals surface area (Å²) >= 11 is 0.864. The van der Waals surface area contributed by atoms with Crippen LogP contribution in [-0.2, 0) is 4.79 Å². The third kappa shape index (κ3) is 7.29. The Morgan fingerprint density at radius 3 is 2.23 bits per heavy atom. The second-order valence-electron chi connectivity index (χ2n) is 6.02. The van der Waals surface area contributed by atoms with E-state index in [4.69, 9.17) is 5.73 Å². The van der Waals surface area contributed by atoms with Gasteiger partial charge in [0.1, 0.15) is 6.54 Å². The molecule has 2 aromatic carbocycles. The fourth-order valence-corrected chi connectivity index (χ4v) is 3.07. The molecule has 2 rings (SSSR count). The molecule has 2 aromatic rings. The first kappa shape index (κ1) is 23.7. The van der Waals surface area contributed by atoms with Crippen molar-refractivity contribution in [3.05, 3.63) is 63.7 Å². The fraction of sp³-hybridized carbons (Fsp3) is 0.167. The minimum atomic E-state index is -4.53. The van der Waals surface area contributed by atoms with Crippen LogP contribution in [0.2, 0.25) is 0 Å². The molecule has 0 radical (unpaired) electrons. The van der Waals surface area contributed by atoms with E-state index < -0.39 is 35.4 Å². The van der Waals surface area contributed by atoms with Gasteiger partial charge in [0.25, 0.3) is 11.6 Å². The molecule has 0 bridgehead atoms. The van der Waals surface area contributed by atoms with Crippen LogP contribution in [0.5, 0.6) is 0 Å². The molecule has 0 aromatic heterocycles. The Balaban J connectivity index is 1.95. The summed E-state index contributed by atoms with van der Waals surface area (Å²) in [7, 11) is 0. The molecule has 0 heterocycles. The quantitative estimate of drug-likeness (QED) is 0.316. The number of hydrogen-bond acceptors (Lipinski definition) is 6. The smallest absolute Gasteiger partial charge is 0.366 e. The first-order valence-electron chi connectivity index (χ1n) is 8.42. The molecule has 0 aliphatic heterocycles. The van der Waals surface area contributed by atoms with Crippen molar-refractivity contribution in [2.24, 2.45) is 5.73 Å². The van der Waals surface area contributed by atoms with Crippen molar-refractivity contribution in [1.29, 1.82) is 0 Å². The lowest BCUT2D eigenvalue weighted by atomic mass is 10.2. The number of primary amides is 1. The highest BCUT2D eigenvalue weighted by Crippen LogP contribution is 2.30. The monoisotopic (exact) mass is 456 g/mol. The second-order valence-corrected chi connectivity index (χ2v) is 7.03. The van der Waals surface area contributed by atoms with Gasteiger partial charge in [-0.3, -0.25) is 24.5 Å². The SMILES string of the molecule is NC(=O)c1ccc(SCC(=O)Nc2ccc(C(=O)NCC(F)(F)F)cc2)c([N+](=O)[O-])c1. The number of carbonyl (C=O) groups is 3. The Hall–Kier alpha value is -3.61. The molecule has 0 saturated carbocycles. The Kier molecular flexibility index (Phi) is 7.58. The highest BCUT2D eigenvalue weighted by Gasteiger charge is 2.27. The number of thioether (sulfide) groups is 1. The minimum absolute atomic E-state index is 0.0261. The molecule has 164 valence electrons. The highest BCUT2D eigenvalue weighted by atomic mass is 32.2. The van der Waals surface area contributed by atoms with E-state index in [1.165, 1.54) is 36.4 Å². The molecule has 4 N–H and O–H groups in total. The van der Waals surface area contributed by atoms with Crippen molar-refractivity contribution < 1.29 is 32.5 Å². The summed E-state index contributed by atoms with van der Waals surface area (Å²) in [5.74, 6) is -2.47. The summed E-state index contributed by atoms with van der Waals surface area (Å²) in [5.41, 5.74) is 4.93. The van der Waals surface area contributed by atoms with Crippen LogP contribution >= 0.6 is 11.8 Å². The highest BCUT2D eigenvalue weighted by molar-refractivity contribution is 8.00. The van der Waals surface area contributed by atoms with Gasteiger partial charge in [-0.2, -0.15) is 13.2 Å². The molecular formula is C18H15F3N4O5S. The van der Waals surface area contributed by atoms with E-state index in [2.05, 4.69) is 5.32 Å². The first-order valence-corrected chi connectivity index (χ1v) is 9.41. The average molecular weight is 456 g/mol. The largest absolute Gasteiger partial charge is 0.405 e. The molecule has 0 atom stereocenters. The molecule has 13 heteroatoms. The van der Waals surface area contributed by atoms with E-state index in [9.17, 15) is 37.7 Å². The fourth-order valence-electron chi connectivity index (χ4n) is 2.26. The van der Waals surface area contributed by atoms with Crippen LogP contribution in [0.15, 0.2) is 47.4 Å². The number of benzene rings is 2. The standard InChI is InChI=1S/C18H15F3N4O5S/c19-18(20,21)9-23-17(28)10-1-4-12(5-2-10)24-15(26)8-31-14-6-3-11(16(22)27)7-13(14)25(29)30/h1-7H,8-9H2,(H2,22,27)(H,23,28)(H,24,26). The Morgan fingerprint density at radius 1 is 1.06 bits per heavy atom. The van der Waals surface area contributed by atoms with Crippen molar-refractivity contribution in [1.82, 2.24) is 5.32 Å². The Bertz CT molecular complexity index is 1010. The zero-order valence-electron chi connectivity index (χ0n) is 15.6. The lowest BCUT2D eigenvalue weighted by Crippen LogP contribution is -2.33. The topological polar surface area (TPSA) is 144 Å². The van der Waals surface area contributed by atoms with E-state index in [1.54, 1.807) is 5.32 Å². The number of carbonyl (C=O) groups excluding carboxylic acids is 3. The van der Waals surface area contributed by atoms with Gasteiger partial charge in [0, 0.05) is 22.9 Å². The van der Waals surface area contributed by atoms with Crippen LogP contribution in [0.4, 0.5) is 24.5 Å². The third-order valence-electron chi connectivity index (χ3n) is 3.68. The number of nitro groups is 1. The van der Waals surface area contributed by atoms with Crippen molar-refractivity contribution in [3.8, 4) is 0 Å². The Labute approximate surface area is 177 Å². The first-order chi connectivity index (χ1) is 14.5. The van der Waals surface area contributed by atoms with Gasteiger partial charge < -0.3 is 16.4 Å². The summed E-state index contributed by atoms with van der Waals surface area (Å²) in [6.07, 6.45) is -4.53. The molecule has 0 aliphatic rings. The van der Waals surface area contributed by atoms with Crippen LogP contribution in [0.3, 0.4) is 0 Å². The van der Waals surface area contributed by atoms with E-state index in [0.717, 1.165) is 17.8 Å². The molecule has 31 heavy (non-hydrogen) atoms. The van der Waals surface area contributed by atoms with Gasteiger partial charge in [-0.05, 0) is 36.4 Å². The number of alkyl halides is 3. The van der Waals surface area contributed by atoms with Gasteiger partial charge in [0.15, 0.2) is 0 Å². The van der Waals surface area contributed by atoms with Crippen molar-refractivity contribution in [3.63, 3.8) is 0 Å². The minimum Gasteiger partial charge on any atom is -0.366 e. The normalized spacial score (nSPS) is 10.9. The molecule has 0 aliphatic carbocycles. The molecule has 0 unspecified atom stereocenters. The molecule has 0 spiro atoms. The molecular weight excluding hydrogens is 441 g/mol. The molecule has 3 amide bonds. The maximum Gasteiger partial charge on any atom is 0.405 e. The predicted molar refractivity (Wildman–Crippen MR) is 106 cm³/mol. The predicted octanol–water partition coefficient (Wildman–Crippen LogP) is 2.72. The number of halogens is 3. The summed E-state index contributed by atoms with van der Waals surface area (Å²) in [5, 5.41) is 15.4. The van der Waals surface area contributed by atoms with Crippen molar-refractivity contribution in [2.75, 3.05) is 17.6 Å². The number of nitrogens with two attached hydrogens (primary N) is 1. The molecule has 9 nitrogen and oxygen atoms in total. The van der Waals surface area contributed by atoms with Crippen molar-refractivity contribution in [2.45, 2.75) is 11.1 Å². The Morgan fingerprint density at radius 2 is 1.68 bits per heavy atom. The number of nitrogens with one attached hydrogen (secondary N) is 2. The van der Waals surface area contributed by atoms with Gasteiger partial charge in [0.2, 0.25) is 11.8 Å². The number of hydrogen-bond donors (Lipinski definition) is 3. The zero-order valence-corrected chi connectivity index (χ0v) is 16.4. The van der Waals surface area contributed by atoms with Gasteiger partial charge >= 0.3 is 6.18 Å². The van der Waals surface area contributed by atoms with Crippen LogP contribution in [0.1, 0.15) is 20.7 Å². The van der Waals surface area contributed by atoms with Gasteiger partial charge in [-0.1, -0.05) is 0 Å². The maximum absolute atomic E-state index is 12.1. The third-order valence-corrected chi connectivity index (χ3v) is 4.74. The summed E-state index contributed by atoms with van der Waals surface area (Å²) in [6.45, 7) is -1.46. The van der Waals surface area contributed by atoms with E-state index >= 15 is 0 Å². The summed E-state index contributed by atoms with van der Waals surface area (Å²) in [6, 6.07) is 8.77. The van der Waals surface area contributed by atoms with E-state index in [0.29, 0.717) is 0 Å². The maximum atomic E-state index is 12.1. The lowest BCUT2D eigenvalue weighted by Gasteiger charge is -2.09. The van der Waals surface area contributed by atoms with E-state index in [-0.39, 0.29) is 33.2 Å². The van der Waals surface area contributed by atoms with Gasteiger partial charge in [-0.25, -0.2) is 0 Å². The van der Waals surface area contributed by atoms with E-state index in [1.807, 2.05) is 0 Å². The number of nitro benzene ring substituents is 1. The van der Waals surface area contributed by atoms with Gasteiger partial charge in [0.05, 0.1) is 15.6 Å². The van der Waals surface area contributed by atoms with Crippen LogP contribution < -0.4 is 16.4 Å². The number of nitrogens with zero attached hydrogens (tertiary/aromatic N) is 1. The molecule has 0 saturated heterocycles. The number of anilines is 1. The van der Waals surface area contributed by atoms with Crippen molar-refractivity contribution >= 4 is 40.9 Å². The lowest BCUT2D eigenvalue weighted by molar-refractivity contribution is -0.387. The summed E-state index contributed by atoms with van der Waals surface area (Å²) < 4.78 is 36.4.